The minimum absolute atomic E-state index is 0.0406. The number of rotatable bonds is 5. The summed E-state index contributed by atoms with van der Waals surface area (Å²) in [6.07, 6.45) is 0.307. The molecule has 0 bridgehead atoms. The maximum atomic E-state index is 11.5. The Kier molecular flexibility index (Phi) is 5.12. The maximum Gasteiger partial charge on any atom is 0.306 e. The molecule has 0 saturated heterocycles. The van der Waals surface area contributed by atoms with E-state index in [1.54, 1.807) is 0 Å². The fourth-order valence-corrected chi connectivity index (χ4v) is 2.17. The molecule has 0 aliphatic carbocycles. The van der Waals surface area contributed by atoms with Crippen LogP contribution in [0.3, 0.4) is 0 Å². The van der Waals surface area contributed by atoms with Gasteiger partial charge in [-0.3, -0.25) is 4.79 Å². The van der Waals surface area contributed by atoms with Crippen LogP contribution in [0, 0.1) is 0 Å². The molecule has 0 heterocycles. The van der Waals surface area contributed by atoms with Crippen LogP contribution in [0.4, 0.5) is 0 Å². The van der Waals surface area contributed by atoms with E-state index in [1.807, 2.05) is 13.8 Å². The number of hydrogen-bond acceptors (Lipinski definition) is 3. The minimum atomic E-state index is -0.465. The molecule has 0 aromatic heterocycles. The van der Waals surface area contributed by atoms with Crippen LogP contribution in [-0.4, -0.2) is 18.6 Å². The molecule has 0 saturated carbocycles. The average molecular weight is 263 g/mol. The number of hydrogen-bond donors (Lipinski definition) is 1. The van der Waals surface area contributed by atoms with Gasteiger partial charge in [-0.25, -0.2) is 0 Å². The van der Waals surface area contributed by atoms with Gasteiger partial charge >= 0.3 is 5.97 Å². The highest BCUT2D eigenvalue weighted by Crippen LogP contribution is 2.30. The third-order valence-electron chi connectivity index (χ3n) is 3.50. The standard InChI is InChI=1S/C16H25NO2/c1-11(2)12-6-8-13(9-7-12)14(16(3,4)17)10-15(18)19-5/h6-9,11,14H,10,17H2,1-5H3. The Labute approximate surface area is 116 Å². The molecular formula is C16H25NO2. The Hall–Kier alpha value is -1.35. The molecule has 0 fully saturated rings. The number of nitrogens with two attached hydrogens (primary N) is 1. The predicted molar refractivity (Wildman–Crippen MR) is 78.2 cm³/mol. The molecule has 0 aliphatic heterocycles. The van der Waals surface area contributed by atoms with E-state index in [9.17, 15) is 4.79 Å². The van der Waals surface area contributed by atoms with Crippen molar-refractivity contribution in [1.29, 1.82) is 0 Å². The lowest BCUT2D eigenvalue weighted by Gasteiger charge is -2.30. The summed E-state index contributed by atoms with van der Waals surface area (Å²) in [5.74, 6) is 0.233. The fourth-order valence-electron chi connectivity index (χ4n) is 2.17. The lowest BCUT2D eigenvalue weighted by atomic mass is 9.80. The summed E-state index contributed by atoms with van der Waals surface area (Å²) < 4.78 is 4.76. The Morgan fingerprint density at radius 3 is 2.05 bits per heavy atom. The Morgan fingerprint density at radius 2 is 1.68 bits per heavy atom. The highest BCUT2D eigenvalue weighted by molar-refractivity contribution is 5.70. The topological polar surface area (TPSA) is 52.3 Å². The summed E-state index contributed by atoms with van der Waals surface area (Å²) >= 11 is 0. The molecule has 0 aliphatic rings. The third kappa shape index (κ3) is 4.35. The zero-order valence-corrected chi connectivity index (χ0v) is 12.6. The molecular weight excluding hydrogens is 238 g/mol. The lowest BCUT2D eigenvalue weighted by molar-refractivity contribution is -0.141. The monoisotopic (exact) mass is 263 g/mol. The van der Waals surface area contributed by atoms with Crippen LogP contribution in [-0.2, 0) is 9.53 Å². The molecule has 0 radical (unpaired) electrons. The third-order valence-corrected chi connectivity index (χ3v) is 3.50. The molecule has 1 atom stereocenters. The van der Waals surface area contributed by atoms with Gasteiger partial charge in [0.05, 0.1) is 13.5 Å². The van der Waals surface area contributed by atoms with Crippen molar-refractivity contribution in [1.82, 2.24) is 0 Å². The van der Waals surface area contributed by atoms with E-state index in [0.29, 0.717) is 12.3 Å². The molecule has 0 spiro atoms. The van der Waals surface area contributed by atoms with Crippen molar-refractivity contribution in [2.45, 2.75) is 51.5 Å². The average Bonchev–Trinajstić information content (AvgIpc) is 2.34. The van der Waals surface area contributed by atoms with Crippen molar-refractivity contribution in [2.75, 3.05) is 7.11 Å². The van der Waals surface area contributed by atoms with E-state index in [-0.39, 0.29) is 11.9 Å². The van der Waals surface area contributed by atoms with Gasteiger partial charge in [0.15, 0.2) is 0 Å². The molecule has 3 nitrogen and oxygen atoms in total. The summed E-state index contributed by atoms with van der Waals surface area (Å²) in [6.45, 7) is 8.20. The second-order valence-corrected chi connectivity index (χ2v) is 5.98. The zero-order valence-electron chi connectivity index (χ0n) is 12.6. The number of carbonyl (C=O) groups excluding carboxylic acids is 1. The van der Waals surface area contributed by atoms with Crippen LogP contribution in [0.15, 0.2) is 24.3 Å². The summed E-state index contributed by atoms with van der Waals surface area (Å²) in [5, 5.41) is 0. The number of methoxy groups -OCH3 is 1. The summed E-state index contributed by atoms with van der Waals surface area (Å²) in [6, 6.07) is 8.35. The first kappa shape index (κ1) is 15.7. The van der Waals surface area contributed by atoms with Gasteiger partial charge in [-0.2, -0.15) is 0 Å². The van der Waals surface area contributed by atoms with Crippen LogP contribution in [0.1, 0.15) is 57.1 Å². The molecule has 0 amide bonds. The second kappa shape index (κ2) is 6.20. The molecule has 2 N–H and O–H groups in total. The van der Waals surface area contributed by atoms with Crippen molar-refractivity contribution in [3.05, 3.63) is 35.4 Å². The number of ether oxygens (including phenoxy) is 1. The van der Waals surface area contributed by atoms with Gasteiger partial charge in [0, 0.05) is 11.5 Å². The molecule has 3 heteroatoms. The van der Waals surface area contributed by atoms with Crippen LogP contribution >= 0.6 is 0 Å². The second-order valence-electron chi connectivity index (χ2n) is 5.98. The van der Waals surface area contributed by atoms with E-state index >= 15 is 0 Å². The molecule has 1 aromatic rings. The lowest BCUT2D eigenvalue weighted by Crippen LogP contribution is -2.40. The predicted octanol–water partition coefficient (Wildman–Crippen LogP) is 3.19. The van der Waals surface area contributed by atoms with Gasteiger partial charge in [0.1, 0.15) is 0 Å². The van der Waals surface area contributed by atoms with Crippen molar-refractivity contribution < 1.29 is 9.53 Å². The SMILES string of the molecule is COC(=O)CC(c1ccc(C(C)C)cc1)C(C)(C)N. The summed E-state index contributed by atoms with van der Waals surface area (Å²) in [5.41, 5.74) is 8.11. The minimum Gasteiger partial charge on any atom is -0.469 e. The zero-order chi connectivity index (χ0) is 14.6. The maximum absolute atomic E-state index is 11.5. The van der Waals surface area contributed by atoms with Gasteiger partial charge < -0.3 is 10.5 Å². The van der Waals surface area contributed by atoms with E-state index in [2.05, 4.69) is 38.1 Å². The fraction of sp³-hybridized carbons (Fsp3) is 0.562. The van der Waals surface area contributed by atoms with E-state index < -0.39 is 5.54 Å². The first-order chi connectivity index (χ1) is 8.75. The highest BCUT2D eigenvalue weighted by Gasteiger charge is 2.29. The molecule has 106 valence electrons. The molecule has 1 unspecified atom stereocenters. The van der Waals surface area contributed by atoms with Crippen molar-refractivity contribution in [3.63, 3.8) is 0 Å². The summed E-state index contributed by atoms with van der Waals surface area (Å²) in [4.78, 5) is 11.5. The molecule has 19 heavy (non-hydrogen) atoms. The van der Waals surface area contributed by atoms with Crippen LogP contribution in [0.2, 0.25) is 0 Å². The van der Waals surface area contributed by atoms with Crippen molar-refractivity contribution in [2.24, 2.45) is 5.73 Å². The Balaban J connectivity index is 3.01. The first-order valence-corrected chi connectivity index (χ1v) is 6.71. The van der Waals surface area contributed by atoms with Gasteiger partial charge in [-0.05, 0) is 30.9 Å². The number of esters is 1. The van der Waals surface area contributed by atoms with Crippen LogP contribution in [0.5, 0.6) is 0 Å². The molecule has 1 aromatic carbocycles. The van der Waals surface area contributed by atoms with Gasteiger partial charge in [-0.1, -0.05) is 38.1 Å². The summed E-state index contributed by atoms with van der Waals surface area (Å²) in [7, 11) is 1.41. The normalized spacial score (nSPS) is 13.4. The number of carbonyl (C=O) groups is 1. The van der Waals surface area contributed by atoms with E-state index in [1.165, 1.54) is 12.7 Å². The molecule has 1 rings (SSSR count). The van der Waals surface area contributed by atoms with Crippen molar-refractivity contribution in [3.8, 4) is 0 Å². The van der Waals surface area contributed by atoms with Crippen LogP contribution in [0.25, 0.3) is 0 Å². The largest absolute Gasteiger partial charge is 0.469 e. The van der Waals surface area contributed by atoms with E-state index in [0.717, 1.165) is 5.56 Å². The van der Waals surface area contributed by atoms with Crippen LogP contribution < -0.4 is 5.73 Å². The van der Waals surface area contributed by atoms with Crippen molar-refractivity contribution >= 4 is 5.97 Å². The Bertz CT molecular complexity index is 415. The quantitative estimate of drug-likeness (QED) is 0.830. The van der Waals surface area contributed by atoms with Gasteiger partial charge in [0.2, 0.25) is 0 Å². The highest BCUT2D eigenvalue weighted by atomic mass is 16.5. The van der Waals surface area contributed by atoms with Gasteiger partial charge in [0.25, 0.3) is 0 Å². The number of benzene rings is 1. The smallest absolute Gasteiger partial charge is 0.306 e. The van der Waals surface area contributed by atoms with Gasteiger partial charge in [-0.15, -0.1) is 0 Å². The Morgan fingerprint density at radius 1 is 1.21 bits per heavy atom. The van der Waals surface area contributed by atoms with E-state index in [4.69, 9.17) is 10.5 Å². The first-order valence-electron chi connectivity index (χ1n) is 6.71.